The van der Waals surface area contributed by atoms with Crippen molar-refractivity contribution in [1.29, 1.82) is 0 Å². The Balaban J connectivity index is 1.57. The summed E-state index contributed by atoms with van der Waals surface area (Å²) >= 11 is 5.85. The van der Waals surface area contributed by atoms with Gasteiger partial charge in [0.15, 0.2) is 11.5 Å². The van der Waals surface area contributed by atoms with Crippen molar-refractivity contribution in [3.63, 3.8) is 0 Å². The van der Waals surface area contributed by atoms with Crippen LogP contribution in [0.4, 0.5) is 0 Å². The summed E-state index contributed by atoms with van der Waals surface area (Å²) in [6.07, 6.45) is 7.18. The van der Waals surface area contributed by atoms with Crippen LogP contribution in [-0.4, -0.2) is 21.7 Å². The molecular weight excluding hydrogens is 302 g/mol. The molecule has 4 saturated carbocycles. The summed E-state index contributed by atoms with van der Waals surface area (Å²) in [6.45, 7) is 0. The molecule has 1 aromatic rings. The molecule has 4 aliphatic rings. The van der Waals surface area contributed by atoms with Gasteiger partial charge in [0.05, 0.1) is 5.02 Å². The zero-order valence-electron chi connectivity index (χ0n) is 12.3. The first kappa shape index (κ1) is 14.2. The van der Waals surface area contributed by atoms with Gasteiger partial charge < -0.3 is 15.5 Å². The van der Waals surface area contributed by atoms with Crippen molar-refractivity contribution in [2.45, 2.75) is 44.1 Å². The van der Waals surface area contributed by atoms with Crippen LogP contribution in [0.3, 0.4) is 0 Å². The van der Waals surface area contributed by atoms with Crippen LogP contribution in [0, 0.1) is 17.8 Å². The van der Waals surface area contributed by atoms with Crippen LogP contribution in [0.5, 0.6) is 11.5 Å². The van der Waals surface area contributed by atoms with Crippen LogP contribution in [0.15, 0.2) is 12.1 Å². The molecule has 0 aromatic heterocycles. The van der Waals surface area contributed by atoms with Crippen LogP contribution in [0.1, 0.15) is 48.9 Å². The molecule has 1 amide bonds. The van der Waals surface area contributed by atoms with E-state index in [2.05, 4.69) is 5.32 Å². The van der Waals surface area contributed by atoms with Crippen molar-refractivity contribution >= 4 is 17.5 Å². The molecule has 4 bridgehead atoms. The normalized spacial score (nSPS) is 35.6. The molecule has 4 nitrogen and oxygen atoms in total. The monoisotopic (exact) mass is 321 g/mol. The fourth-order valence-corrected chi connectivity index (χ4v) is 5.51. The average molecular weight is 322 g/mol. The van der Waals surface area contributed by atoms with Gasteiger partial charge in [-0.15, -0.1) is 0 Å². The number of benzene rings is 1. The van der Waals surface area contributed by atoms with Gasteiger partial charge in [-0.2, -0.15) is 0 Å². The highest BCUT2D eigenvalue weighted by Crippen LogP contribution is 2.55. The molecule has 5 rings (SSSR count). The van der Waals surface area contributed by atoms with Crippen molar-refractivity contribution in [1.82, 2.24) is 5.32 Å². The molecule has 0 saturated heterocycles. The van der Waals surface area contributed by atoms with Crippen LogP contribution < -0.4 is 5.32 Å². The van der Waals surface area contributed by atoms with Gasteiger partial charge in [0.1, 0.15) is 0 Å². The number of halogens is 1. The van der Waals surface area contributed by atoms with Gasteiger partial charge in [-0.25, -0.2) is 0 Å². The largest absolute Gasteiger partial charge is 0.504 e. The summed E-state index contributed by atoms with van der Waals surface area (Å²) in [6, 6.07) is 2.68. The maximum Gasteiger partial charge on any atom is 0.251 e. The Kier molecular flexibility index (Phi) is 3.09. The predicted octanol–water partition coefficient (Wildman–Crippen LogP) is 3.45. The lowest BCUT2D eigenvalue weighted by Gasteiger charge is -2.56. The third-order valence-corrected chi connectivity index (χ3v) is 6.01. The number of phenolic OH excluding ortho intramolecular Hbond substituents is 2. The first-order valence-electron chi connectivity index (χ1n) is 7.98. The van der Waals surface area contributed by atoms with E-state index in [4.69, 9.17) is 11.6 Å². The number of hydrogen-bond donors (Lipinski definition) is 3. The maximum atomic E-state index is 12.6. The molecule has 4 fully saturated rings. The Labute approximate surface area is 134 Å². The van der Waals surface area contributed by atoms with Crippen molar-refractivity contribution in [3.8, 4) is 11.5 Å². The van der Waals surface area contributed by atoms with Crippen LogP contribution >= 0.6 is 11.6 Å². The van der Waals surface area contributed by atoms with Crippen molar-refractivity contribution in [2.24, 2.45) is 17.8 Å². The lowest BCUT2D eigenvalue weighted by molar-refractivity contribution is -0.0167. The van der Waals surface area contributed by atoms with Crippen molar-refractivity contribution < 1.29 is 15.0 Å². The topological polar surface area (TPSA) is 69.6 Å². The SMILES string of the molecule is O=C(NC12CC3CC(CC(C3)C1)C2)c1cc(O)c(O)c(Cl)c1. The van der Waals surface area contributed by atoms with E-state index in [-0.39, 0.29) is 28.0 Å². The minimum absolute atomic E-state index is 0.00402. The summed E-state index contributed by atoms with van der Waals surface area (Å²) < 4.78 is 0. The van der Waals surface area contributed by atoms with E-state index >= 15 is 0 Å². The Bertz CT molecular complexity index is 585. The molecule has 3 N–H and O–H groups in total. The van der Waals surface area contributed by atoms with Gasteiger partial charge in [0.25, 0.3) is 5.91 Å². The fraction of sp³-hybridized carbons (Fsp3) is 0.588. The summed E-state index contributed by atoms with van der Waals surface area (Å²) in [4.78, 5) is 12.6. The van der Waals surface area contributed by atoms with Gasteiger partial charge in [0, 0.05) is 11.1 Å². The van der Waals surface area contributed by atoms with Crippen LogP contribution in [0.25, 0.3) is 0 Å². The van der Waals surface area contributed by atoms with Crippen molar-refractivity contribution in [3.05, 3.63) is 22.7 Å². The first-order valence-corrected chi connectivity index (χ1v) is 8.36. The molecule has 5 heteroatoms. The number of phenols is 2. The summed E-state index contributed by atoms with van der Waals surface area (Å²) in [5, 5.41) is 22.4. The van der Waals surface area contributed by atoms with Gasteiger partial charge >= 0.3 is 0 Å². The Morgan fingerprint density at radius 1 is 1.09 bits per heavy atom. The second kappa shape index (κ2) is 4.79. The highest BCUT2D eigenvalue weighted by molar-refractivity contribution is 6.32. The molecule has 0 radical (unpaired) electrons. The highest BCUT2D eigenvalue weighted by atomic mass is 35.5. The van der Waals surface area contributed by atoms with Gasteiger partial charge in [-0.05, 0) is 68.4 Å². The van der Waals surface area contributed by atoms with Crippen molar-refractivity contribution in [2.75, 3.05) is 0 Å². The number of carbonyl (C=O) groups excluding carboxylic acids is 1. The van der Waals surface area contributed by atoms with E-state index in [1.54, 1.807) is 0 Å². The maximum absolute atomic E-state index is 12.6. The lowest BCUT2D eigenvalue weighted by Crippen LogP contribution is -2.59. The number of nitrogens with one attached hydrogen (secondary N) is 1. The zero-order valence-corrected chi connectivity index (χ0v) is 13.1. The second-order valence-electron chi connectivity index (χ2n) is 7.48. The molecule has 0 unspecified atom stereocenters. The predicted molar refractivity (Wildman–Crippen MR) is 83.2 cm³/mol. The minimum atomic E-state index is -0.381. The lowest BCUT2D eigenvalue weighted by atomic mass is 9.53. The molecule has 1 aromatic carbocycles. The van der Waals surface area contributed by atoms with Crippen LogP contribution in [0.2, 0.25) is 5.02 Å². The molecule has 22 heavy (non-hydrogen) atoms. The smallest absolute Gasteiger partial charge is 0.251 e. The van der Waals surface area contributed by atoms with Gasteiger partial charge in [-0.3, -0.25) is 4.79 Å². The third-order valence-electron chi connectivity index (χ3n) is 5.72. The van der Waals surface area contributed by atoms with E-state index in [0.717, 1.165) is 37.0 Å². The first-order chi connectivity index (χ1) is 10.4. The molecular formula is C17H20ClNO3. The molecule has 0 heterocycles. The number of amides is 1. The summed E-state index contributed by atoms with van der Waals surface area (Å²) in [7, 11) is 0. The average Bonchev–Trinajstić information content (AvgIpc) is 2.42. The van der Waals surface area contributed by atoms with E-state index in [9.17, 15) is 15.0 Å². The van der Waals surface area contributed by atoms with E-state index < -0.39 is 0 Å². The summed E-state index contributed by atoms with van der Waals surface area (Å²) in [5.74, 6) is 1.31. The standard InChI is InChI=1S/C17H20ClNO3/c18-13-4-12(5-14(20)15(13)21)16(22)19-17-6-9-1-10(7-17)3-11(2-9)8-17/h4-5,9-11,20-21H,1-3,6-8H2,(H,19,22). The van der Waals surface area contributed by atoms with E-state index in [0.29, 0.717) is 5.56 Å². The third kappa shape index (κ3) is 2.24. The van der Waals surface area contributed by atoms with Gasteiger partial charge in [-0.1, -0.05) is 11.6 Å². The molecule has 0 atom stereocenters. The molecule has 0 aliphatic heterocycles. The van der Waals surface area contributed by atoms with E-state index in [1.807, 2.05) is 0 Å². The number of aromatic hydroxyl groups is 2. The number of carbonyl (C=O) groups is 1. The number of rotatable bonds is 2. The highest BCUT2D eigenvalue weighted by Gasteiger charge is 2.51. The Hall–Kier alpha value is -1.42. The second-order valence-corrected chi connectivity index (χ2v) is 7.89. The fourth-order valence-electron chi connectivity index (χ4n) is 5.29. The minimum Gasteiger partial charge on any atom is -0.504 e. The van der Waals surface area contributed by atoms with E-state index in [1.165, 1.54) is 31.4 Å². The molecule has 4 aliphatic carbocycles. The summed E-state index contributed by atoms with van der Waals surface area (Å²) in [5.41, 5.74) is 0.224. The van der Waals surface area contributed by atoms with Crippen LogP contribution in [-0.2, 0) is 0 Å². The Morgan fingerprint density at radius 2 is 1.64 bits per heavy atom. The molecule has 0 spiro atoms. The quantitative estimate of drug-likeness (QED) is 0.731. The molecule has 118 valence electrons. The Morgan fingerprint density at radius 3 is 2.14 bits per heavy atom. The van der Waals surface area contributed by atoms with Gasteiger partial charge in [0.2, 0.25) is 0 Å². The zero-order chi connectivity index (χ0) is 15.5. The number of hydrogen-bond acceptors (Lipinski definition) is 3.